The second-order valence-corrected chi connectivity index (χ2v) is 6.25. The molecule has 0 aliphatic heterocycles. The maximum Gasteiger partial charge on any atom is 0.286 e. The largest absolute Gasteiger partial charge is 0.347 e. The zero-order valence-corrected chi connectivity index (χ0v) is 15.4. The quantitative estimate of drug-likeness (QED) is 0.522. The van der Waals surface area contributed by atoms with Crippen molar-refractivity contribution in [3.63, 3.8) is 0 Å². The molecule has 0 fully saturated rings. The fraction of sp³-hybridized carbons (Fsp3) is 0.0500. The number of benzene rings is 1. The minimum atomic E-state index is -0.584. The Morgan fingerprint density at radius 1 is 0.931 bits per heavy atom. The van der Waals surface area contributed by atoms with Crippen LogP contribution in [0.3, 0.4) is 0 Å². The lowest BCUT2D eigenvalue weighted by Gasteiger charge is -2.12. The third-order valence-electron chi connectivity index (χ3n) is 4.38. The van der Waals surface area contributed by atoms with Gasteiger partial charge in [0.2, 0.25) is 0 Å². The van der Waals surface area contributed by atoms with E-state index in [1.54, 1.807) is 77.2 Å². The van der Waals surface area contributed by atoms with Gasteiger partial charge in [-0.2, -0.15) is 5.10 Å². The molecule has 4 aromatic rings. The molecule has 2 N–H and O–H groups in total. The highest BCUT2D eigenvalue weighted by Gasteiger charge is 2.22. The molecular formula is C20H17FN6O2. The number of carbonyl (C=O) groups excluding carboxylic acids is 2. The number of halogens is 1. The van der Waals surface area contributed by atoms with Crippen molar-refractivity contribution in [2.45, 2.75) is 0 Å². The van der Waals surface area contributed by atoms with Gasteiger partial charge in [-0.3, -0.25) is 20.4 Å². The molecule has 8 nitrogen and oxygen atoms in total. The van der Waals surface area contributed by atoms with Gasteiger partial charge < -0.3 is 9.13 Å². The van der Waals surface area contributed by atoms with Crippen molar-refractivity contribution in [3.8, 4) is 11.5 Å². The molecule has 0 unspecified atom stereocenters. The second kappa shape index (κ2) is 7.47. The monoisotopic (exact) mass is 392 g/mol. The Kier molecular flexibility index (Phi) is 4.70. The number of hydrogen-bond donors (Lipinski definition) is 2. The summed E-state index contributed by atoms with van der Waals surface area (Å²) in [5, 5.41) is 4.19. The molecule has 0 atom stereocenters. The smallest absolute Gasteiger partial charge is 0.286 e. The summed E-state index contributed by atoms with van der Waals surface area (Å²) in [5.41, 5.74) is 5.51. The normalized spacial score (nSPS) is 10.7. The highest BCUT2D eigenvalue weighted by molar-refractivity contribution is 6.00. The van der Waals surface area contributed by atoms with E-state index in [1.165, 1.54) is 16.9 Å². The van der Waals surface area contributed by atoms with Crippen LogP contribution < -0.4 is 10.9 Å². The van der Waals surface area contributed by atoms with Crippen molar-refractivity contribution < 1.29 is 14.0 Å². The van der Waals surface area contributed by atoms with Crippen molar-refractivity contribution in [2.24, 2.45) is 7.05 Å². The maximum absolute atomic E-state index is 14.3. The van der Waals surface area contributed by atoms with Crippen LogP contribution in [0.15, 0.2) is 73.3 Å². The van der Waals surface area contributed by atoms with Crippen LogP contribution in [0.5, 0.6) is 0 Å². The van der Waals surface area contributed by atoms with Gasteiger partial charge in [-0.1, -0.05) is 12.1 Å². The Morgan fingerprint density at radius 3 is 2.34 bits per heavy atom. The van der Waals surface area contributed by atoms with Gasteiger partial charge in [0.25, 0.3) is 11.8 Å². The topological polar surface area (TPSA) is 85.9 Å². The first-order valence-corrected chi connectivity index (χ1v) is 8.74. The summed E-state index contributed by atoms with van der Waals surface area (Å²) in [6.07, 6.45) is 6.48. The average Bonchev–Trinajstić information content (AvgIpc) is 3.46. The van der Waals surface area contributed by atoms with Crippen molar-refractivity contribution in [2.75, 3.05) is 0 Å². The zero-order valence-electron chi connectivity index (χ0n) is 15.4. The van der Waals surface area contributed by atoms with Crippen LogP contribution in [-0.4, -0.2) is 30.7 Å². The Bertz CT molecular complexity index is 1180. The molecule has 1 aromatic carbocycles. The van der Waals surface area contributed by atoms with Gasteiger partial charge in [-0.15, -0.1) is 0 Å². The van der Waals surface area contributed by atoms with Gasteiger partial charge in [-0.25, -0.2) is 9.07 Å². The molecule has 2 amide bonds. The second-order valence-electron chi connectivity index (χ2n) is 6.25. The van der Waals surface area contributed by atoms with Gasteiger partial charge in [0.05, 0.1) is 6.20 Å². The molecule has 146 valence electrons. The van der Waals surface area contributed by atoms with Crippen molar-refractivity contribution in [1.29, 1.82) is 0 Å². The van der Waals surface area contributed by atoms with Crippen LogP contribution in [0, 0.1) is 5.82 Å². The fourth-order valence-corrected chi connectivity index (χ4v) is 2.97. The van der Waals surface area contributed by atoms with Gasteiger partial charge in [0, 0.05) is 25.6 Å². The number of nitrogens with one attached hydrogen (secondary N) is 2. The molecule has 0 aliphatic rings. The van der Waals surface area contributed by atoms with E-state index in [0.29, 0.717) is 11.5 Å². The Labute approximate surface area is 165 Å². The van der Waals surface area contributed by atoms with Crippen LogP contribution >= 0.6 is 0 Å². The Hall–Kier alpha value is -4.14. The van der Waals surface area contributed by atoms with E-state index >= 15 is 0 Å². The molecule has 4 rings (SSSR count). The van der Waals surface area contributed by atoms with Gasteiger partial charge in [-0.05, 0) is 36.4 Å². The van der Waals surface area contributed by atoms with Gasteiger partial charge >= 0.3 is 0 Å². The summed E-state index contributed by atoms with van der Waals surface area (Å²) in [6, 6.07) is 13.0. The first-order chi connectivity index (χ1) is 14.1. The van der Waals surface area contributed by atoms with Gasteiger partial charge in [0.1, 0.15) is 22.8 Å². The number of aromatic nitrogens is 4. The molecular weight excluding hydrogens is 375 g/mol. The summed E-state index contributed by atoms with van der Waals surface area (Å²) in [5.74, 6) is -1.19. The van der Waals surface area contributed by atoms with E-state index in [9.17, 15) is 14.0 Å². The average molecular weight is 392 g/mol. The molecule has 9 heteroatoms. The number of carbonyl (C=O) groups is 2. The van der Waals surface area contributed by atoms with E-state index in [-0.39, 0.29) is 11.3 Å². The van der Waals surface area contributed by atoms with Crippen LogP contribution in [0.1, 0.15) is 20.8 Å². The summed E-state index contributed by atoms with van der Waals surface area (Å²) in [7, 11) is 1.72. The Balaban J connectivity index is 1.65. The van der Waals surface area contributed by atoms with Crippen LogP contribution in [0.2, 0.25) is 0 Å². The first kappa shape index (κ1) is 18.2. The number of aryl methyl sites for hydroxylation is 1. The SMILES string of the molecule is Cn1cccc1C(=O)NNC(=O)c1cnn(-c2ccccc2F)c1-n1cccc1. The maximum atomic E-state index is 14.3. The highest BCUT2D eigenvalue weighted by atomic mass is 19.1. The fourth-order valence-electron chi connectivity index (χ4n) is 2.97. The summed E-state index contributed by atoms with van der Waals surface area (Å²) >= 11 is 0. The number of rotatable bonds is 4. The number of nitrogens with zero attached hydrogens (tertiary/aromatic N) is 4. The predicted octanol–water partition coefficient (Wildman–Crippen LogP) is 2.22. The van der Waals surface area contributed by atoms with E-state index in [2.05, 4.69) is 16.0 Å². The lowest BCUT2D eigenvalue weighted by molar-refractivity contribution is 0.0842. The number of para-hydroxylation sites is 1. The lowest BCUT2D eigenvalue weighted by atomic mass is 10.2. The molecule has 0 saturated heterocycles. The van der Waals surface area contributed by atoms with Crippen molar-refractivity contribution >= 4 is 11.8 Å². The van der Waals surface area contributed by atoms with E-state index < -0.39 is 17.6 Å². The van der Waals surface area contributed by atoms with Crippen LogP contribution in [0.25, 0.3) is 11.5 Å². The summed E-state index contributed by atoms with van der Waals surface area (Å²) in [6.45, 7) is 0. The van der Waals surface area contributed by atoms with Crippen LogP contribution in [0.4, 0.5) is 4.39 Å². The van der Waals surface area contributed by atoms with E-state index in [1.807, 2.05) is 0 Å². The zero-order chi connectivity index (χ0) is 20.4. The molecule has 3 heterocycles. The number of hydrazine groups is 1. The minimum Gasteiger partial charge on any atom is -0.347 e. The van der Waals surface area contributed by atoms with E-state index in [4.69, 9.17) is 0 Å². The molecule has 3 aromatic heterocycles. The standard InChI is InChI=1S/C20H17FN6O2/c1-25-10-6-9-17(25)19(29)24-23-18(28)14-13-22-27(16-8-3-2-7-15(16)21)20(14)26-11-4-5-12-26/h2-13H,1H3,(H,23,28)(H,24,29). The molecule has 0 spiro atoms. The predicted molar refractivity (Wildman–Crippen MR) is 103 cm³/mol. The molecule has 0 radical (unpaired) electrons. The third kappa shape index (κ3) is 3.41. The first-order valence-electron chi connectivity index (χ1n) is 8.74. The Morgan fingerprint density at radius 2 is 1.66 bits per heavy atom. The van der Waals surface area contributed by atoms with E-state index in [0.717, 1.165) is 0 Å². The summed E-state index contributed by atoms with van der Waals surface area (Å²) < 4.78 is 18.9. The highest BCUT2D eigenvalue weighted by Crippen LogP contribution is 2.21. The third-order valence-corrected chi connectivity index (χ3v) is 4.38. The van der Waals surface area contributed by atoms with Crippen molar-refractivity contribution in [3.05, 3.63) is 90.4 Å². The van der Waals surface area contributed by atoms with Crippen molar-refractivity contribution in [1.82, 2.24) is 29.8 Å². The molecule has 0 saturated carbocycles. The number of amides is 2. The minimum absolute atomic E-state index is 0.164. The molecule has 0 aliphatic carbocycles. The lowest BCUT2D eigenvalue weighted by Crippen LogP contribution is -2.42. The summed E-state index contributed by atoms with van der Waals surface area (Å²) in [4.78, 5) is 25.0. The molecule has 29 heavy (non-hydrogen) atoms. The molecule has 0 bridgehead atoms. The number of hydrogen-bond acceptors (Lipinski definition) is 3. The van der Waals surface area contributed by atoms with Crippen LogP contribution in [-0.2, 0) is 7.05 Å². The van der Waals surface area contributed by atoms with Gasteiger partial charge in [0.15, 0.2) is 5.82 Å².